The molecule has 0 saturated heterocycles. The zero-order chi connectivity index (χ0) is 20.3. The summed E-state index contributed by atoms with van der Waals surface area (Å²) in [7, 11) is 1.61. The highest BCUT2D eigenvalue weighted by atomic mass is 35.5. The summed E-state index contributed by atoms with van der Waals surface area (Å²) in [5, 5.41) is 12.3. The molecule has 6 nitrogen and oxygen atoms in total. The van der Waals surface area contributed by atoms with E-state index >= 15 is 0 Å². The largest absolute Gasteiger partial charge is 0.497 e. The molecule has 0 atom stereocenters. The van der Waals surface area contributed by atoms with E-state index in [1.54, 1.807) is 7.11 Å². The van der Waals surface area contributed by atoms with Crippen molar-refractivity contribution < 1.29 is 13.9 Å². The van der Waals surface area contributed by atoms with Crippen LogP contribution in [0.15, 0.2) is 58.2 Å². The van der Waals surface area contributed by atoms with Gasteiger partial charge in [-0.1, -0.05) is 35.5 Å². The van der Waals surface area contributed by atoms with Crippen LogP contribution in [-0.4, -0.2) is 29.0 Å². The third-order valence-corrected chi connectivity index (χ3v) is 6.12. The van der Waals surface area contributed by atoms with E-state index in [2.05, 4.69) is 15.5 Å². The van der Waals surface area contributed by atoms with E-state index in [9.17, 15) is 4.79 Å². The second-order valence-corrected chi connectivity index (χ2v) is 8.24. The molecule has 150 valence electrons. The van der Waals surface area contributed by atoms with Gasteiger partial charge in [0.1, 0.15) is 5.75 Å². The number of halogens is 1. The highest BCUT2D eigenvalue weighted by Crippen LogP contribution is 2.41. The molecule has 4 rings (SSSR count). The van der Waals surface area contributed by atoms with Gasteiger partial charge >= 0.3 is 0 Å². The molecular formula is C21H20ClN3O3S. The lowest BCUT2D eigenvalue weighted by Crippen LogP contribution is -2.51. The van der Waals surface area contributed by atoms with Gasteiger partial charge in [-0.25, -0.2) is 0 Å². The van der Waals surface area contributed by atoms with Crippen molar-refractivity contribution in [3.8, 4) is 17.2 Å². The molecule has 3 aromatic rings. The summed E-state index contributed by atoms with van der Waals surface area (Å²) in [5.41, 5.74) is 1.59. The van der Waals surface area contributed by atoms with Gasteiger partial charge in [-0.15, -0.1) is 10.2 Å². The van der Waals surface area contributed by atoms with E-state index in [1.807, 2.05) is 48.5 Å². The van der Waals surface area contributed by atoms with Gasteiger partial charge in [0.05, 0.1) is 18.4 Å². The van der Waals surface area contributed by atoms with Crippen LogP contribution in [-0.2, 0) is 10.3 Å². The van der Waals surface area contributed by atoms with Crippen LogP contribution in [0.4, 0.5) is 0 Å². The number of carbonyl (C=O) groups excluding carboxylic acids is 1. The van der Waals surface area contributed by atoms with Gasteiger partial charge in [0.15, 0.2) is 0 Å². The molecule has 1 heterocycles. The summed E-state index contributed by atoms with van der Waals surface area (Å²) in [6, 6.07) is 15.0. The van der Waals surface area contributed by atoms with Gasteiger partial charge in [0.2, 0.25) is 11.8 Å². The Labute approximate surface area is 178 Å². The van der Waals surface area contributed by atoms with Crippen molar-refractivity contribution in [1.82, 2.24) is 15.5 Å². The van der Waals surface area contributed by atoms with E-state index in [0.29, 0.717) is 16.1 Å². The molecule has 1 fully saturated rings. The standard InChI is InChI=1S/C21H20ClN3O3S/c1-27-17-9-3-14(4-10-17)19-24-25-20(28-19)29-13-18(26)23-21(11-2-12-21)15-5-7-16(22)8-6-15/h3-10H,2,11-13H2,1H3,(H,23,26). The number of nitrogens with one attached hydrogen (secondary N) is 1. The highest BCUT2D eigenvalue weighted by Gasteiger charge is 2.39. The molecule has 0 unspecified atom stereocenters. The number of benzene rings is 2. The average molecular weight is 430 g/mol. The quantitative estimate of drug-likeness (QED) is 0.549. The molecule has 1 amide bonds. The van der Waals surface area contributed by atoms with Crippen LogP contribution in [0.5, 0.6) is 5.75 Å². The number of nitrogens with zero attached hydrogens (tertiary/aromatic N) is 2. The predicted molar refractivity (Wildman–Crippen MR) is 112 cm³/mol. The van der Waals surface area contributed by atoms with Crippen molar-refractivity contribution >= 4 is 29.3 Å². The Morgan fingerprint density at radius 2 is 1.90 bits per heavy atom. The number of methoxy groups -OCH3 is 1. The number of rotatable bonds is 7. The van der Waals surface area contributed by atoms with Crippen LogP contribution < -0.4 is 10.1 Å². The monoisotopic (exact) mass is 429 g/mol. The molecule has 8 heteroatoms. The normalized spacial score (nSPS) is 14.8. The Bertz CT molecular complexity index is 985. The maximum absolute atomic E-state index is 12.6. The zero-order valence-corrected chi connectivity index (χ0v) is 17.4. The summed E-state index contributed by atoms with van der Waals surface area (Å²) in [4.78, 5) is 12.6. The van der Waals surface area contributed by atoms with Crippen LogP contribution in [0.1, 0.15) is 24.8 Å². The first-order chi connectivity index (χ1) is 14.1. The van der Waals surface area contributed by atoms with Crippen molar-refractivity contribution in [2.45, 2.75) is 30.0 Å². The number of hydrogen-bond acceptors (Lipinski definition) is 6. The Kier molecular flexibility index (Phi) is 5.78. The van der Waals surface area contributed by atoms with Crippen LogP contribution in [0.25, 0.3) is 11.5 Å². The van der Waals surface area contributed by atoms with Crippen molar-refractivity contribution in [3.63, 3.8) is 0 Å². The van der Waals surface area contributed by atoms with Gasteiger partial charge in [-0.2, -0.15) is 0 Å². The van der Waals surface area contributed by atoms with Crippen molar-refractivity contribution in [2.24, 2.45) is 0 Å². The van der Waals surface area contributed by atoms with Gasteiger partial charge in [-0.3, -0.25) is 4.79 Å². The van der Waals surface area contributed by atoms with Crippen LogP contribution in [0.2, 0.25) is 5.02 Å². The summed E-state index contributed by atoms with van der Waals surface area (Å²) in [6.07, 6.45) is 2.94. The molecule has 2 aromatic carbocycles. The van der Waals surface area contributed by atoms with Gasteiger partial charge in [0.25, 0.3) is 5.22 Å². The lowest BCUT2D eigenvalue weighted by atomic mass is 9.72. The molecule has 1 N–H and O–H groups in total. The van der Waals surface area contributed by atoms with Gasteiger partial charge in [0, 0.05) is 10.6 Å². The summed E-state index contributed by atoms with van der Waals surface area (Å²) < 4.78 is 10.8. The molecule has 29 heavy (non-hydrogen) atoms. The van der Waals surface area contributed by atoms with Crippen LogP contribution in [0.3, 0.4) is 0 Å². The van der Waals surface area contributed by atoms with E-state index in [0.717, 1.165) is 36.1 Å². The third kappa shape index (κ3) is 4.41. The number of ether oxygens (including phenoxy) is 1. The van der Waals surface area contributed by atoms with Gasteiger partial charge in [-0.05, 0) is 61.2 Å². The minimum atomic E-state index is -0.300. The molecule has 1 aromatic heterocycles. The summed E-state index contributed by atoms with van der Waals surface area (Å²) >= 11 is 7.21. The lowest BCUT2D eigenvalue weighted by Gasteiger charge is -2.43. The number of aromatic nitrogens is 2. The minimum Gasteiger partial charge on any atom is -0.497 e. The topological polar surface area (TPSA) is 77.2 Å². The lowest BCUT2D eigenvalue weighted by molar-refractivity contribution is -0.121. The van der Waals surface area contributed by atoms with Gasteiger partial charge < -0.3 is 14.5 Å². The molecule has 1 saturated carbocycles. The first-order valence-electron chi connectivity index (χ1n) is 9.26. The molecule has 0 aliphatic heterocycles. The molecule has 0 radical (unpaired) electrons. The summed E-state index contributed by atoms with van der Waals surface area (Å²) in [5.74, 6) is 1.31. The average Bonchev–Trinajstić information content (AvgIpc) is 3.19. The number of carbonyl (C=O) groups is 1. The fourth-order valence-electron chi connectivity index (χ4n) is 3.33. The smallest absolute Gasteiger partial charge is 0.277 e. The fourth-order valence-corrected chi connectivity index (χ4v) is 4.02. The van der Waals surface area contributed by atoms with Crippen molar-refractivity contribution in [1.29, 1.82) is 0 Å². The molecule has 1 aliphatic carbocycles. The zero-order valence-electron chi connectivity index (χ0n) is 15.9. The molecule has 1 aliphatic rings. The van der Waals surface area contributed by atoms with Crippen molar-refractivity contribution in [2.75, 3.05) is 12.9 Å². The van der Waals surface area contributed by atoms with E-state index in [4.69, 9.17) is 20.8 Å². The number of thioether (sulfide) groups is 1. The maximum atomic E-state index is 12.6. The second kappa shape index (κ2) is 8.47. The Hall–Kier alpha value is -2.51. The second-order valence-electron chi connectivity index (χ2n) is 6.88. The maximum Gasteiger partial charge on any atom is 0.277 e. The first kappa shape index (κ1) is 19.8. The first-order valence-corrected chi connectivity index (χ1v) is 10.6. The van der Waals surface area contributed by atoms with Crippen molar-refractivity contribution in [3.05, 3.63) is 59.1 Å². The number of hydrogen-bond donors (Lipinski definition) is 1. The van der Waals surface area contributed by atoms with Crippen LogP contribution in [0, 0.1) is 0 Å². The highest BCUT2D eigenvalue weighted by molar-refractivity contribution is 7.99. The molecule has 0 spiro atoms. The fraction of sp³-hybridized carbons (Fsp3) is 0.286. The number of amides is 1. The molecular weight excluding hydrogens is 410 g/mol. The minimum absolute atomic E-state index is 0.0613. The van der Waals surface area contributed by atoms with E-state index in [-0.39, 0.29) is 17.2 Å². The summed E-state index contributed by atoms with van der Waals surface area (Å²) in [6.45, 7) is 0. The Balaban J connectivity index is 1.36. The predicted octanol–water partition coefficient (Wildman–Crippen LogP) is 4.69. The SMILES string of the molecule is COc1ccc(-c2nnc(SCC(=O)NC3(c4ccc(Cl)cc4)CCC3)o2)cc1. The Morgan fingerprint density at radius 1 is 1.17 bits per heavy atom. The van der Waals surface area contributed by atoms with E-state index < -0.39 is 0 Å². The molecule has 0 bridgehead atoms. The van der Waals surface area contributed by atoms with E-state index in [1.165, 1.54) is 11.8 Å². The third-order valence-electron chi connectivity index (χ3n) is 5.05. The Morgan fingerprint density at radius 3 is 2.52 bits per heavy atom. The van der Waals surface area contributed by atoms with Crippen LogP contribution >= 0.6 is 23.4 Å².